The molecule has 0 fully saturated rings. The van der Waals surface area contributed by atoms with Gasteiger partial charge in [-0.15, -0.1) is 11.3 Å². The number of nitrogens with one attached hydrogen (secondary N) is 1. The van der Waals surface area contributed by atoms with E-state index in [1.165, 1.54) is 4.88 Å². The second kappa shape index (κ2) is 8.31. The number of hydrogen-bond donors (Lipinski definition) is 1. The lowest BCUT2D eigenvalue weighted by atomic mass is 10.2. The third-order valence-electron chi connectivity index (χ3n) is 3.58. The molecule has 2 rings (SSSR count). The Morgan fingerprint density at radius 1 is 1.42 bits per heavy atom. The van der Waals surface area contributed by atoms with Crippen molar-refractivity contribution in [2.45, 2.75) is 26.8 Å². The van der Waals surface area contributed by atoms with Gasteiger partial charge in [0.25, 0.3) is 5.91 Å². The van der Waals surface area contributed by atoms with Crippen LogP contribution in [-0.2, 0) is 16.1 Å². The molecule has 126 valence electrons. The predicted octanol–water partition coefficient (Wildman–Crippen LogP) is 2.40. The van der Waals surface area contributed by atoms with Crippen LogP contribution in [0.4, 0.5) is 0 Å². The van der Waals surface area contributed by atoms with Gasteiger partial charge >= 0.3 is 5.97 Å². The van der Waals surface area contributed by atoms with Gasteiger partial charge in [0.1, 0.15) is 0 Å². The Balaban J connectivity index is 1.97. The normalized spacial score (nSPS) is 10.2. The minimum atomic E-state index is -0.518. The van der Waals surface area contributed by atoms with Crippen LogP contribution in [0.2, 0.25) is 0 Å². The van der Waals surface area contributed by atoms with E-state index in [1.54, 1.807) is 17.4 Å². The molecule has 0 spiro atoms. The molecule has 2 aromatic rings. The lowest BCUT2D eigenvalue weighted by Gasteiger charge is -2.08. The van der Waals surface area contributed by atoms with Crippen LogP contribution in [0.5, 0.6) is 0 Å². The Labute approximate surface area is 144 Å². The average Bonchev–Trinajstić information content (AvgIpc) is 3.16. The van der Waals surface area contributed by atoms with Crippen LogP contribution < -0.4 is 5.32 Å². The molecule has 2 heterocycles. The number of amides is 1. The molecule has 0 saturated carbocycles. The molecule has 1 N–H and O–H groups in total. The van der Waals surface area contributed by atoms with E-state index >= 15 is 0 Å². The first-order valence-electron chi connectivity index (χ1n) is 7.52. The molecule has 0 aliphatic rings. The van der Waals surface area contributed by atoms with Crippen molar-refractivity contribution in [2.24, 2.45) is 0 Å². The van der Waals surface area contributed by atoms with Crippen LogP contribution in [0, 0.1) is 25.2 Å². The lowest BCUT2D eigenvalue weighted by molar-refractivity contribution is -0.124. The Bertz CT molecular complexity index is 757. The van der Waals surface area contributed by atoms with E-state index in [4.69, 9.17) is 10.00 Å². The maximum absolute atomic E-state index is 12.2. The Kier molecular flexibility index (Phi) is 6.15. The summed E-state index contributed by atoms with van der Waals surface area (Å²) >= 11 is 1.66. The van der Waals surface area contributed by atoms with Crippen LogP contribution >= 0.6 is 11.3 Å². The molecule has 0 aliphatic heterocycles. The van der Waals surface area contributed by atoms with Gasteiger partial charge in [0.15, 0.2) is 6.61 Å². The number of aromatic nitrogens is 1. The van der Waals surface area contributed by atoms with Crippen molar-refractivity contribution < 1.29 is 14.3 Å². The molecular weight excluding hydrogens is 326 g/mol. The molecule has 2 aromatic heterocycles. The first kappa shape index (κ1) is 17.8. The smallest absolute Gasteiger partial charge is 0.340 e. The number of nitriles is 1. The number of carbonyl (C=O) groups is 2. The minimum Gasteiger partial charge on any atom is -0.452 e. The summed E-state index contributed by atoms with van der Waals surface area (Å²) in [5.74, 6) is -0.929. The van der Waals surface area contributed by atoms with E-state index in [0.29, 0.717) is 12.1 Å². The van der Waals surface area contributed by atoms with E-state index in [-0.39, 0.29) is 19.6 Å². The van der Waals surface area contributed by atoms with Gasteiger partial charge in [-0.05, 0) is 31.4 Å². The second-order valence-electron chi connectivity index (χ2n) is 5.28. The fourth-order valence-corrected chi connectivity index (χ4v) is 3.02. The van der Waals surface area contributed by atoms with E-state index < -0.39 is 11.9 Å². The highest BCUT2D eigenvalue weighted by atomic mass is 32.1. The van der Waals surface area contributed by atoms with Crippen molar-refractivity contribution >= 4 is 23.2 Å². The SMILES string of the molecule is Cc1cc(C(=O)OCC(=O)NCCC#N)c(C)n1Cc1cccs1. The largest absolute Gasteiger partial charge is 0.452 e. The second-order valence-corrected chi connectivity index (χ2v) is 6.32. The van der Waals surface area contributed by atoms with Crippen LogP contribution in [0.15, 0.2) is 23.6 Å². The average molecular weight is 345 g/mol. The van der Waals surface area contributed by atoms with Crippen molar-refractivity contribution in [1.29, 1.82) is 5.26 Å². The third-order valence-corrected chi connectivity index (χ3v) is 4.44. The highest BCUT2D eigenvalue weighted by Crippen LogP contribution is 2.19. The van der Waals surface area contributed by atoms with Gasteiger partial charge in [-0.2, -0.15) is 5.26 Å². The number of ether oxygens (including phenoxy) is 1. The minimum absolute atomic E-state index is 0.226. The van der Waals surface area contributed by atoms with E-state index in [2.05, 4.69) is 9.88 Å². The molecule has 0 unspecified atom stereocenters. The van der Waals surface area contributed by atoms with Crippen molar-refractivity contribution in [2.75, 3.05) is 13.2 Å². The molecule has 7 heteroatoms. The first-order valence-corrected chi connectivity index (χ1v) is 8.40. The summed E-state index contributed by atoms with van der Waals surface area (Å²) in [7, 11) is 0. The third kappa shape index (κ3) is 4.46. The van der Waals surface area contributed by atoms with Gasteiger partial charge in [0.2, 0.25) is 0 Å². The number of aryl methyl sites for hydroxylation is 1. The van der Waals surface area contributed by atoms with Crippen LogP contribution in [-0.4, -0.2) is 29.6 Å². The summed E-state index contributed by atoms with van der Waals surface area (Å²) in [6.07, 6.45) is 0.226. The van der Waals surface area contributed by atoms with Crippen LogP contribution in [0.1, 0.15) is 33.0 Å². The monoisotopic (exact) mass is 345 g/mol. The van der Waals surface area contributed by atoms with Gasteiger partial charge in [-0.1, -0.05) is 6.07 Å². The molecule has 0 saturated heterocycles. The zero-order valence-electron chi connectivity index (χ0n) is 13.7. The zero-order chi connectivity index (χ0) is 17.5. The van der Waals surface area contributed by atoms with Crippen molar-refractivity contribution in [3.8, 4) is 6.07 Å². The molecule has 24 heavy (non-hydrogen) atoms. The fourth-order valence-electron chi connectivity index (χ4n) is 2.33. The standard InChI is InChI=1S/C17H19N3O3S/c1-12-9-15(13(2)20(12)10-14-5-3-8-24-14)17(22)23-11-16(21)19-7-4-6-18/h3,5,8-9H,4,7,10-11H2,1-2H3,(H,19,21). The maximum Gasteiger partial charge on any atom is 0.340 e. The Morgan fingerprint density at radius 3 is 2.88 bits per heavy atom. The summed E-state index contributed by atoms with van der Waals surface area (Å²) in [6, 6.07) is 7.74. The molecule has 0 bridgehead atoms. The Hall–Kier alpha value is -2.59. The quantitative estimate of drug-likeness (QED) is 0.617. The number of carbonyl (C=O) groups excluding carboxylic acids is 2. The zero-order valence-corrected chi connectivity index (χ0v) is 14.5. The maximum atomic E-state index is 12.2. The van der Waals surface area contributed by atoms with Gasteiger partial charge in [-0.3, -0.25) is 4.79 Å². The van der Waals surface area contributed by atoms with Crippen LogP contribution in [0.3, 0.4) is 0 Å². The number of hydrogen-bond acceptors (Lipinski definition) is 5. The van der Waals surface area contributed by atoms with E-state index in [9.17, 15) is 9.59 Å². The number of esters is 1. The summed E-state index contributed by atoms with van der Waals surface area (Å²) in [5.41, 5.74) is 2.25. The van der Waals surface area contributed by atoms with Crippen LogP contribution in [0.25, 0.3) is 0 Å². The molecule has 0 radical (unpaired) electrons. The first-order chi connectivity index (χ1) is 11.5. The summed E-state index contributed by atoms with van der Waals surface area (Å²) in [6.45, 7) is 4.41. The predicted molar refractivity (Wildman–Crippen MR) is 90.8 cm³/mol. The van der Waals surface area contributed by atoms with Crippen molar-refractivity contribution in [3.63, 3.8) is 0 Å². The van der Waals surface area contributed by atoms with Gasteiger partial charge in [0.05, 0.1) is 24.6 Å². The van der Waals surface area contributed by atoms with Gasteiger partial charge in [0, 0.05) is 22.8 Å². The molecular formula is C17H19N3O3S. The summed E-state index contributed by atoms with van der Waals surface area (Å²) < 4.78 is 7.11. The Morgan fingerprint density at radius 2 is 2.21 bits per heavy atom. The summed E-state index contributed by atoms with van der Waals surface area (Å²) in [5, 5.41) is 12.9. The highest BCUT2D eigenvalue weighted by Gasteiger charge is 2.18. The molecule has 0 aliphatic carbocycles. The number of nitrogens with zero attached hydrogens (tertiary/aromatic N) is 2. The van der Waals surface area contributed by atoms with Crippen molar-refractivity contribution in [1.82, 2.24) is 9.88 Å². The summed E-state index contributed by atoms with van der Waals surface area (Å²) in [4.78, 5) is 24.9. The molecule has 1 amide bonds. The number of rotatable bonds is 7. The molecule has 6 nitrogen and oxygen atoms in total. The van der Waals surface area contributed by atoms with Gasteiger partial charge in [-0.25, -0.2) is 4.79 Å². The number of thiophene rings is 1. The van der Waals surface area contributed by atoms with E-state index in [1.807, 2.05) is 37.4 Å². The fraction of sp³-hybridized carbons (Fsp3) is 0.353. The van der Waals surface area contributed by atoms with Crippen molar-refractivity contribution in [3.05, 3.63) is 45.4 Å². The van der Waals surface area contributed by atoms with Gasteiger partial charge < -0.3 is 14.6 Å². The topological polar surface area (TPSA) is 84.1 Å². The van der Waals surface area contributed by atoms with E-state index in [0.717, 1.165) is 11.4 Å². The molecule has 0 atom stereocenters. The lowest BCUT2D eigenvalue weighted by Crippen LogP contribution is -2.29. The highest BCUT2D eigenvalue weighted by molar-refractivity contribution is 7.09. The molecule has 0 aromatic carbocycles.